The zero-order valence-corrected chi connectivity index (χ0v) is 14.2. The Labute approximate surface area is 128 Å². The van der Waals surface area contributed by atoms with Crippen LogP contribution >= 0.6 is 0 Å². The topological polar surface area (TPSA) is 29.9 Å². The van der Waals surface area contributed by atoms with Gasteiger partial charge in [0.2, 0.25) is 0 Å². The van der Waals surface area contributed by atoms with Gasteiger partial charge < -0.3 is 5.32 Å². The minimum atomic E-state index is 0.885. The molecule has 0 aliphatic heterocycles. The summed E-state index contributed by atoms with van der Waals surface area (Å²) in [5, 5.41) is 8.20. The molecule has 3 heteroatoms. The molecular weight excluding hydrogens is 258 g/mol. The molecule has 0 amide bonds. The summed E-state index contributed by atoms with van der Waals surface area (Å²) in [5.74, 6) is 0. The average molecular weight is 285 g/mol. The van der Waals surface area contributed by atoms with Gasteiger partial charge in [-0.2, -0.15) is 5.10 Å². The highest BCUT2D eigenvalue weighted by atomic mass is 15.3. The molecule has 114 valence electrons. The summed E-state index contributed by atoms with van der Waals surface area (Å²) in [7, 11) is 2.00. The Balaban J connectivity index is 2.69. The zero-order valence-electron chi connectivity index (χ0n) is 14.2. The third kappa shape index (κ3) is 2.88. The second kappa shape index (κ2) is 6.44. The Morgan fingerprint density at radius 2 is 1.67 bits per heavy atom. The van der Waals surface area contributed by atoms with E-state index in [9.17, 15) is 0 Å². The van der Waals surface area contributed by atoms with Gasteiger partial charge in [-0.05, 0) is 51.8 Å². The molecule has 2 rings (SSSR count). The van der Waals surface area contributed by atoms with Crippen LogP contribution in [0.15, 0.2) is 12.1 Å². The van der Waals surface area contributed by atoms with E-state index in [1.807, 2.05) is 7.05 Å². The summed E-state index contributed by atoms with van der Waals surface area (Å²) in [6.07, 6.45) is 1.97. The molecule has 0 atom stereocenters. The standard InChI is InChI=1S/C18H27N3/c1-7-16-15(11-19-6)17(8-2)21(20-16)18-13(4)9-12(3)10-14(18)5/h9-10,19H,7-8,11H2,1-6H3. The molecule has 3 nitrogen and oxygen atoms in total. The maximum Gasteiger partial charge on any atom is 0.0707 e. The molecule has 0 fully saturated rings. The quantitative estimate of drug-likeness (QED) is 0.909. The van der Waals surface area contributed by atoms with E-state index in [1.54, 1.807) is 0 Å². The van der Waals surface area contributed by atoms with Crippen LogP contribution in [0.4, 0.5) is 0 Å². The van der Waals surface area contributed by atoms with Crippen LogP contribution < -0.4 is 5.32 Å². The molecule has 21 heavy (non-hydrogen) atoms. The predicted octanol–water partition coefficient (Wildman–Crippen LogP) is 3.64. The van der Waals surface area contributed by atoms with Crippen molar-refractivity contribution in [1.82, 2.24) is 15.1 Å². The van der Waals surface area contributed by atoms with Crippen molar-refractivity contribution in [2.75, 3.05) is 7.05 Å². The highest BCUT2D eigenvalue weighted by Gasteiger charge is 2.18. The van der Waals surface area contributed by atoms with E-state index in [2.05, 4.69) is 56.8 Å². The molecule has 1 aromatic heterocycles. The third-order valence-corrected chi connectivity index (χ3v) is 4.04. The van der Waals surface area contributed by atoms with E-state index >= 15 is 0 Å². The SMILES string of the molecule is CCc1nn(-c2c(C)cc(C)cc2C)c(CC)c1CNC. The van der Waals surface area contributed by atoms with Crippen LogP contribution in [-0.2, 0) is 19.4 Å². The van der Waals surface area contributed by atoms with Crippen molar-refractivity contribution < 1.29 is 0 Å². The molecule has 2 aromatic rings. The van der Waals surface area contributed by atoms with Crippen LogP contribution in [0.2, 0.25) is 0 Å². The molecule has 0 saturated carbocycles. The lowest BCUT2D eigenvalue weighted by Crippen LogP contribution is -2.10. The van der Waals surface area contributed by atoms with Crippen LogP contribution in [0.1, 0.15) is 47.5 Å². The number of hydrogen-bond acceptors (Lipinski definition) is 2. The molecule has 0 aliphatic rings. The van der Waals surface area contributed by atoms with E-state index in [1.165, 1.54) is 39.3 Å². The minimum absolute atomic E-state index is 0.885. The predicted molar refractivity (Wildman–Crippen MR) is 89.3 cm³/mol. The maximum absolute atomic E-state index is 4.92. The van der Waals surface area contributed by atoms with E-state index in [0.29, 0.717) is 0 Å². The molecule has 1 aromatic carbocycles. The molecule has 0 spiro atoms. The summed E-state index contributed by atoms with van der Waals surface area (Å²) < 4.78 is 2.18. The van der Waals surface area contributed by atoms with Crippen molar-refractivity contribution in [3.8, 4) is 5.69 Å². The molecule has 0 bridgehead atoms. The van der Waals surface area contributed by atoms with Gasteiger partial charge in [0.05, 0.1) is 11.4 Å². The summed E-state index contributed by atoms with van der Waals surface area (Å²) in [5.41, 5.74) is 9.05. The van der Waals surface area contributed by atoms with Gasteiger partial charge in [-0.3, -0.25) is 0 Å². The summed E-state index contributed by atoms with van der Waals surface area (Å²) in [6.45, 7) is 11.8. The van der Waals surface area contributed by atoms with Gasteiger partial charge in [0, 0.05) is 17.8 Å². The number of aryl methyl sites for hydroxylation is 4. The number of rotatable bonds is 5. The maximum atomic E-state index is 4.92. The smallest absolute Gasteiger partial charge is 0.0707 e. The molecule has 0 aliphatic carbocycles. The van der Waals surface area contributed by atoms with E-state index in [0.717, 1.165) is 19.4 Å². The number of nitrogens with one attached hydrogen (secondary N) is 1. The van der Waals surface area contributed by atoms with Gasteiger partial charge in [-0.1, -0.05) is 31.5 Å². The molecule has 0 radical (unpaired) electrons. The Hall–Kier alpha value is -1.61. The first-order chi connectivity index (χ1) is 10.0. The second-order valence-corrected chi connectivity index (χ2v) is 5.77. The average Bonchev–Trinajstić information content (AvgIpc) is 2.76. The third-order valence-electron chi connectivity index (χ3n) is 4.04. The Bertz CT molecular complexity index is 615. The molecular formula is C18H27N3. The fourth-order valence-corrected chi connectivity index (χ4v) is 3.26. The molecule has 1 heterocycles. The van der Waals surface area contributed by atoms with Crippen molar-refractivity contribution >= 4 is 0 Å². The normalized spacial score (nSPS) is 11.1. The molecule has 1 N–H and O–H groups in total. The molecule has 0 saturated heterocycles. The lowest BCUT2D eigenvalue weighted by Gasteiger charge is -2.14. The van der Waals surface area contributed by atoms with Crippen LogP contribution in [0.3, 0.4) is 0 Å². The highest BCUT2D eigenvalue weighted by molar-refractivity contribution is 5.50. The van der Waals surface area contributed by atoms with Crippen molar-refractivity contribution in [2.24, 2.45) is 0 Å². The summed E-state index contributed by atoms with van der Waals surface area (Å²) in [6, 6.07) is 4.49. The van der Waals surface area contributed by atoms with E-state index in [-0.39, 0.29) is 0 Å². The minimum Gasteiger partial charge on any atom is -0.316 e. The van der Waals surface area contributed by atoms with E-state index in [4.69, 9.17) is 5.10 Å². The van der Waals surface area contributed by atoms with Gasteiger partial charge in [-0.25, -0.2) is 4.68 Å². The van der Waals surface area contributed by atoms with Crippen molar-refractivity contribution in [2.45, 2.75) is 54.0 Å². The number of hydrogen-bond donors (Lipinski definition) is 1. The first-order valence-electron chi connectivity index (χ1n) is 7.85. The zero-order chi connectivity index (χ0) is 15.6. The second-order valence-electron chi connectivity index (χ2n) is 5.77. The van der Waals surface area contributed by atoms with Crippen molar-refractivity contribution in [1.29, 1.82) is 0 Å². The van der Waals surface area contributed by atoms with Crippen LogP contribution in [0.5, 0.6) is 0 Å². The Morgan fingerprint density at radius 3 is 2.14 bits per heavy atom. The van der Waals surface area contributed by atoms with Gasteiger partial charge in [-0.15, -0.1) is 0 Å². The monoisotopic (exact) mass is 285 g/mol. The van der Waals surface area contributed by atoms with Crippen molar-refractivity contribution in [3.63, 3.8) is 0 Å². The molecule has 0 unspecified atom stereocenters. The van der Waals surface area contributed by atoms with Gasteiger partial charge >= 0.3 is 0 Å². The van der Waals surface area contributed by atoms with E-state index < -0.39 is 0 Å². The van der Waals surface area contributed by atoms with Gasteiger partial charge in [0.1, 0.15) is 0 Å². The summed E-state index contributed by atoms with van der Waals surface area (Å²) in [4.78, 5) is 0. The summed E-state index contributed by atoms with van der Waals surface area (Å²) >= 11 is 0. The van der Waals surface area contributed by atoms with Crippen molar-refractivity contribution in [3.05, 3.63) is 45.8 Å². The first-order valence-corrected chi connectivity index (χ1v) is 7.85. The first kappa shape index (κ1) is 15.8. The van der Waals surface area contributed by atoms with Crippen LogP contribution in [-0.4, -0.2) is 16.8 Å². The van der Waals surface area contributed by atoms with Gasteiger partial charge in [0.25, 0.3) is 0 Å². The fourth-order valence-electron chi connectivity index (χ4n) is 3.26. The highest BCUT2D eigenvalue weighted by Crippen LogP contribution is 2.26. The van der Waals surface area contributed by atoms with Crippen LogP contribution in [0.25, 0.3) is 5.69 Å². The number of benzene rings is 1. The fraction of sp³-hybridized carbons (Fsp3) is 0.500. The number of nitrogens with zero attached hydrogens (tertiary/aromatic N) is 2. The van der Waals surface area contributed by atoms with Gasteiger partial charge in [0.15, 0.2) is 0 Å². The number of aromatic nitrogens is 2. The lowest BCUT2D eigenvalue weighted by molar-refractivity contribution is 0.773. The Morgan fingerprint density at radius 1 is 1.05 bits per heavy atom. The lowest BCUT2D eigenvalue weighted by atomic mass is 10.0. The largest absolute Gasteiger partial charge is 0.316 e. The van der Waals surface area contributed by atoms with Crippen LogP contribution in [0, 0.1) is 20.8 Å². The Kier molecular flexibility index (Phi) is 4.84.